The minimum Gasteiger partial charge on any atom is -0.409 e. The van der Waals surface area contributed by atoms with E-state index in [1.165, 1.54) is 11.3 Å². The third-order valence-corrected chi connectivity index (χ3v) is 3.99. The highest BCUT2D eigenvalue weighted by atomic mass is 79.9. The maximum absolute atomic E-state index is 8.54. The van der Waals surface area contributed by atoms with E-state index in [1.54, 1.807) is 0 Å². The van der Waals surface area contributed by atoms with Gasteiger partial charge in [-0.05, 0) is 33.4 Å². The lowest BCUT2D eigenvalue weighted by molar-refractivity contribution is 0.319. The second-order valence-electron chi connectivity index (χ2n) is 2.75. The predicted molar refractivity (Wildman–Crippen MR) is 62.0 cm³/mol. The molecule has 5 heteroatoms. The molecule has 0 fully saturated rings. The van der Waals surface area contributed by atoms with E-state index in [2.05, 4.69) is 21.1 Å². The van der Waals surface area contributed by atoms with Crippen LogP contribution in [-0.4, -0.2) is 11.0 Å². The Hall–Kier alpha value is -1.07. The van der Waals surface area contributed by atoms with Crippen LogP contribution in [0.15, 0.2) is 33.9 Å². The van der Waals surface area contributed by atoms with E-state index in [4.69, 9.17) is 10.9 Å². The Labute approximate surface area is 93.0 Å². The maximum Gasteiger partial charge on any atom is 0.180 e. The van der Waals surface area contributed by atoms with Crippen molar-refractivity contribution in [3.05, 3.63) is 33.6 Å². The van der Waals surface area contributed by atoms with E-state index < -0.39 is 0 Å². The Morgan fingerprint density at radius 2 is 2.29 bits per heavy atom. The van der Waals surface area contributed by atoms with E-state index in [-0.39, 0.29) is 5.84 Å². The zero-order valence-electron chi connectivity index (χ0n) is 7.07. The van der Waals surface area contributed by atoms with E-state index in [0.29, 0.717) is 0 Å². The zero-order chi connectivity index (χ0) is 10.1. The van der Waals surface area contributed by atoms with Gasteiger partial charge in [0, 0.05) is 9.17 Å². The van der Waals surface area contributed by atoms with Crippen LogP contribution < -0.4 is 5.73 Å². The summed E-state index contributed by atoms with van der Waals surface area (Å²) in [7, 11) is 0. The van der Waals surface area contributed by atoms with Crippen molar-refractivity contribution in [2.45, 2.75) is 0 Å². The van der Waals surface area contributed by atoms with Crippen LogP contribution in [0.1, 0.15) is 4.88 Å². The Balaban J connectivity index is 2.68. The SMILES string of the molecule is N/C(=N\O)c1cc2cccc(Br)c2s1. The lowest BCUT2D eigenvalue weighted by Gasteiger charge is -1.90. The third-order valence-electron chi connectivity index (χ3n) is 1.86. The molecule has 1 heterocycles. The van der Waals surface area contributed by atoms with Crippen molar-refractivity contribution in [3.63, 3.8) is 0 Å². The molecule has 0 unspecified atom stereocenters. The number of oxime groups is 1. The first-order valence-electron chi connectivity index (χ1n) is 3.88. The highest BCUT2D eigenvalue weighted by Crippen LogP contribution is 2.31. The lowest BCUT2D eigenvalue weighted by atomic mass is 10.2. The van der Waals surface area contributed by atoms with Crippen LogP contribution in [0.2, 0.25) is 0 Å². The van der Waals surface area contributed by atoms with Gasteiger partial charge in [0.05, 0.1) is 4.88 Å². The number of nitrogens with zero attached hydrogens (tertiary/aromatic N) is 1. The summed E-state index contributed by atoms with van der Waals surface area (Å²) in [6.07, 6.45) is 0. The standard InChI is InChI=1S/C9H7BrN2OS/c10-6-3-1-2-5-4-7(9(11)12-13)14-8(5)6/h1-4,13H,(H2,11,12). The van der Waals surface area contributed by atoms with Gasteiger partial charge in [-0.2, -0.15) is 0 Å². The van der Waals surface area contributed by atoms with Gasteiger partial charge in [0.2, 0.25) is 0 Å². The average molecular weight is 271 g/mol. The van der Waals surface area contributed by atoms with Crippen LogP contribution in [-0.2, 0) is 0 Å². The van der Waals surface area contributed by atoms with Gasteiger partial charge >= 0.3 is 0 Å². The molecule has 1 aromatic carbocycles. The summed E-state index contributed by atoms with van der Waals surface area (Å²) >= 11 is 4.94. The summed E-state index contributed by atoms with van der Waals surface area (Å²) in [4.78, 5) is 0.773. The summed E-state index contributed by atoms with van der Waals surface area (Å²) in [6, 6.07) is 7.81. The zero-order valence-corrected chi connectivity index (χ0v) is 9.47. The minimum absolute atomic E-state index is 0.151. The van der Waals surface area contributed by atoms with Gasteiger partial charge in [-0.25, -0.2) is 0 Å². The van der Waals surface area contributed by atoms with Gasteiger partial charge < -0.3 is 10.9 Å². The van der Waals surface area contributed by atoms with Crippen LogP contribution in [0.4, 0.5) is 0 Å². The van der Waals surface area contributed by atoms with Crippen LogP contribution in [0.3, 0.4) is 0 Å². The van der Waals surface area contributed by atoms with Gasteiger partial charge in [-0.15, -0.1) is 11.3 Å². The van der Waals surface area contributed by atoms with E-state index in [0.717, 1.165) is 19.4 Å². The molecule has 14 heavy (non-hydrogen) atoms. The second kappa shape index (κ2) is 3.59. The molecule has 2 rings (SSSR count). The molecule has 2 aromatic rings. The number of thiophene rings is 1. The monoisotopic (exact) mass is 270 g/mol. The number of hydrogen-bond acceptors (Lipinski definition) is 3. The van der Waals surface area contributed by atoms with Gasteiger partial charge in [-0.3, -0.25) is 0 Å². The minimum atomic E-state index is 0.151. The topological polar surface area (TPSA) is 58.6 Å². The largest absolute Gasteiger partial charge is 0.409 e. The van der Waals surface area contributed by atoms with Crippen molar-refractivity contribution in [2.24, 2.45) is 10.9 Å². The van der Waals surface area contributed by atoms with Crippen LogP contribution in [0, 0.1) is 0 Å². The first-order valence-corrected chi connectivity index (χ1v) is 5.49. The molecule has 0 saturated heterocycles. The van der Waals surface area contributed by atoms with Crippen molar-refractivity contribution in [1.29, 1.82) is 0 Å². The number of nitrogens with two attached hydrogens (primary N) is 1. The molecule has 0 atom stereocenters. The van der Waals surface area contributed by atoms with Gasteiger partial charge in [0.15, 0.2) is 5.84 Å². The molecule has 0 aliphatic rings. The average Bonchev–Trinajstić information content (AvgIpc) is 2.62. The fourth-order valence-corrected chi connectivity index (χ4v) is 2.79. The van der Waals surface area contributed by atoms with E-state index >= 15 is 0 Å². The number of halogens is 1. The van der Waals surface area contributed by atoms with E-state index in [1.807, 2.05) is 24.3 Å². The first-order chi connectivity index (χ1) is 6.72. The Morgan fingerprint density at radius 1 is 1.50 bits per heavy atom. The molecular formula is C9H7BrN2OS. The first kappa shape index (κ1) is 9.48. The molecule has 0 amide bonds. The maximum atomic E-state index is 8.54. The van der Waals surface area contributed by atoms with Gasteiger partial charge in [0.25, 0.3) is 0 Å². The smallest absolute Gasteiger partial charge is 0.180 e. The van der Waals surface area contributed by atoms with Gasteiger partial charge in [-0.1, -0.05) is 17.3 Å². The number of rotatable bonds is 1. The summed E-state index contributed by atoms with van der Waals surface area (Å²) in [5, 5.41) is 12.6. The summed E-state index contributed by atoms with van der Waals surface area (Å²) in [5.74, 6) is 0.151. The molecule has 0 spiro atoms. The third kappa shape index (κ3) is 1.49. The van der Waals surface area contributed by atoms with Crippen molar-refractivity contribution >= 4 is 43.2 Å². The molecule has 3 nitrogen and oxygen atoms in total. The lowest BCUT2D eigenvalue weighted by Crippen LogP contribution is -2.10. The molecular weight excluding hydrogens is 264 g/mol. The number of amidine groups is 1. The quantitative estimate of drug-likeness (QED) is 0.362. The Kier molecular flexibility index (Phi) is 2.43. The highest BCUT2D eigenvalue weighted by Gasteiger charge is 2.07. The second-order valence-corrected chi connectivity index (χ2v) is 4.66. The Bertz CT molecular complexity index is 506. The van der Waals surface area contributed by atoms with Crippen LogP contribution in [0.5, 0.6) is 0 Å². The summed E-state index contributed by atoms with van der Waals surface area (Å²) < 4.78 is 2.13. The molecule has 0 aliphatic heterocycles. The fourth-order valence-electron chi connectivity index (χ4n) is 1.20. The predicted octanol–water partition coefficient (Wildman–Crippen LogP) is 2.76. The van der Waals surface area contributed by atoms with E-state index in [9.17, 15) is 0 Å². The molecule has 72 valence electrons. The van der Waals surface area contributed by atoms with Crippen LogP contribution in [0.25, 0.3) is 10.1 Å². The highest BCUT2D eigenvalue weighted by molar-refractivity contribution is 9.10. The normalized spacial score (nSPS) is 12.2. The van der Waals surface area contributed by atoms with Crippen molar-refractivity contribution in [2.75, 3.05) is 0 Å². The fraction of sp³-hybridized carbons (Fsp3) is 0. The molecule has 3 N–H and O–H groups in total. The molecule has 0 bridgehead atoms. The number of benzene rings is 1. The molecule has 0 saturated carbocycles. The summed E-state index contributed by atoms with van der Waals surface area (Å²) in [5.41, 5.74) is 5.50. The summed E-state index contributed by atoms with van der Waals surface area (Å²) in [6.45, 7) is 0. The van der Waals surface area contributed by atoms with Crippen LogP contribution >= 0.6 is 27.3 Å². The molecule has 0 radical (unpaired) electrons. The molecule has 0 aliphatic carbocycles. The van der Waals surface area contributed by atoms with Crippen molar-refractivity contribution in [3.8, 4) is 0 Å². The van der Waals surface area contributed by atoms with Crippen molar-refractivity contribution in [1.82, 2.24) is 0 Å². The van der Waals surface area contributed by atoms with Gasteiger partial charge in [0.1, 0.15) is 0 Å². The number of hydrogen-bond donors (Lipinski definition) is 2. The number of fused-ring (bicyclic) bond motifs is 1. The Morgan fingerprint density at radius 3 is 2.93 bits per heavy atom. The molecule has 1 aromatic heterocycles. The van der Waals surface area contributed by atoms with Crippen molar-refractivity contribution < 1.29 is 5.21 Å².